The summed E-state index contributed by atoms with van der Waals surface area (Å²) in [4.78, 5) is 37.5. The number of Topliss-reactive ketones (excluding diaryl/α,β-unsaturated/α-hetero) is 1. The van der Waals surface area contributed by atoms with Gasteiger partial charge in [0.2, 0.25) is 5.13 Å². The van der Waals surface area contributed by atoms with Crippen molar-refractivity contribution in [2.45, 2.75) is 38.1 Å². The zero-order valence-electron chi connectivity index (χ0n) is 17.8. The SMILES string of the molecule is CCCn1c(N)c(C(=O)CSc2nnc(Nc3ccc(C)c(C)c3)s2)c(=O)n(C)c1=O. The Bertz CT molecular complexity index is 1240. The van der Waals surface area contributed by atoms with E-state index in [-0.39, 0.29) is 17.1 Å². The molecule has 0 amide bonds. The minimum atomic E-state index is -0.685. The molecule has 0 unspecified atom stereocenters. The summed E-state index contributed by atoms with van der Waals surface area (Å²) in [6.45, 7) is 6.29. The Balaban J connectivity index is 1.74. The first-order chi connectivity index (χ1) is 14.7. The molecule has 0 aliphatic rings. The highest BCUT2D eigenvalue weighted by Crippen LogP contribution is 2.28. The first kappa shape index (κ1) is 22.8. The predicted octanol–water partition coefficient (Wildman–Crippen LogP) is 2.73. The van der Waals surface area contributed by atoms with E-state index in [1.54, 1.807) is 0 Å². The lowest BCUT2D eigenvalue weighted by Gasteiger charge is -2.13. The van der Waals surface area contributed by atoms with E-state index >= 15 is 0 Å². The van der Waals surface area contributed by atoms with Crippen LogP contribution < -0.4 is 22.3 Å². The fourth-order valence-electron chi connectivity index (χ4n) is 2.95. The molecule has 0 aliphatic heterocycles. The smallest absolute Gasteiger partial charge is 0.332 e. The zero-order valence-corrected chi connectivity index (χ0v) is 19.4. The van der Waals surface area contributed by atoms with Gasteiger partial charge in [-0.05, 0) is 43.5 Å². The van der Waals surface area contributed by atoms with Crippen LogP contribution in [-0.2, 0) is 13.6 Å². The number of nitrogen functional groups attached to an aromatic ring is 1. The summed E-state index contributed by atoms with van der Waals surface area (Å²) in [6.07, 6.45) is 0.645. The van der Waals surface area contributed by atoms with Gasteiger partial charge in [0.1, 0.15) is 11.4 Å². The number of nitrogens with zero attached hydrogens (tertiary/aromatic N) is 4. The second-order valence-electron chi connectivity index (χ2n) is 7.07. The van der Waals surface area contributed by atoms with Gasteiger partial charge in [-0.2, -0.15) is 0 Å². The Morgan fingerprint density at radius 1 is 1.23 bits per heavy atom. The van der Waals surface area contributed by atoms with Crippen LogP contribution in [0.1, 0.15) is 34.8 Å². The Morgan fingerprint density at radius 2 is 1.97 bits per heavy atom. The van der Waals surface area contributed by atoms with Gasteiger partial charge in [-0.15, -0.1) is 10.2 Å². The Morgan fingerprint density at radius 3 is 2.65 bits per heavy atom. The highest BCUT2D eigenvalue weighted by atomic mass is 32.2. The fourth-order valence-corrected chi connectivity index (χ4v) is 4.59. The number of rotatable bonds is 8. The quantitative estimate of drug-likeness (QED) is 0.388. The second kappa shape index (κ2) is 9.48. The maximum absolute atomic E-state index is 12.8. The van der Waals surface area contributed by atoms with Crippen molar-refractivity contribution in [1.29, 1.82) is 0 Å². The number of nitrogens with one attached hydrogen (secondary N) is 1. The summed E-state index contributed by atoms with van der Waals surface area (Å²) in [7, 11) is 1.34. The Kier molecular flexibility index (Phi) is 6.96. The van der Waals surface area contributed by atoms with Gasteiger partial charge < -0.3 is 11.1 Å². The van der Waals surface area contributed by atoms with Crippen LogP contribution in [0.2, 0.25) is 0 Å². The van der Waals surface area contributed by atoms with E-state index in [9.17, 15) is 14.4 Å². The van der Waals surface area contributed by atoms with Crippen molar-refractivity contribution in [1.82, 2.24) is 19.3 Å². The molecule has 9 nitrogen and oxygen atoms in total. The number of carbonyl (C=O) groups is 1. The molecule has 0 bridgehead atoms. The zero-order chi connectivity index (χ0) is 22.7. The number of anilines is 3. The van der Waals surface area contributed by atoms with E-state index in [1.807, 2.05) is 39.0 Å². The van der Waals surface area contributed by atoms with Crippen LogP contribution in [0.3, 0.4) is 0 Å². The third-order valence-corrected chi connectivity index (χ3v) is 6.77. The molecule has 0 spiro atoms. The monoisotopic (exact) mass is 460 g/mol. The number of aromatic nitrogens is 4. The van der Waals surface area contributed by atoms with Crippen LogP contribution in [0.15, 0.2) is 32.1 Å². The molecule has 164 valence electrons. The van der Waals surface area contributed by atoms with E-state index in [1.165, 1.54) is 45.8 Å². The lowest BCUT2D eigenvalue weighted by Crippen LogP contribution is -2.42. The van der Waals surface area contributed by atoms with E-state index in [0.717, 1.165) is 10.3 Å². The van der Waals surface area contributed by atoms with Gasteiger partial charge in [-0.25, -0.2) is 4.79 Å². The molecule has 3 rings (SSSR count). The number of benzene rings is 1. The molecule has 11 heteroatoms. The highest BCUT2D eigenvalue weighted by Gasteiger charge is 2.22. The van der Waals surface area contributed by atoms with E-state index < -0.39 is 17.0 Å². The minimum Gasteiger partial charge on any atom is -0.384 e. The molecular weight excluding hydrogens is 436 g/mol. The molecule has 0 fully saturated rings. The van der Waals surface area contributed by atoms with E-state index in [4.69, 9.17) is 5.73 Å². The molecule has 2 heterocycles. The highest BCUT2D eigenvalue weighted by molar-refractivity contribution is 8.01. The molecule has 2 aromatic heterocycles. The summed E-state index contributed by atoms with van der Waals surface area (Å²) < 4.78 is 2.76. The van der Waals surface area contributed by atoms with Crippen LogP contribution in [0, 0.1) is 13.8 Å². The molecule has 3 aromatic rings. The van der Waals surface area contributed by atoms with Gasteiger partial charge >= 0.3 is 5.69 Å². The molecule has 0 radical (unpaired) electrons. The van der Waals surface area contributed by atoms with Gasteiger partial charge in [0.25, 0.3) is 5.56 Å². The standard InChI is InChI=1S/C20H24N6O3S2/c1-5-8-26-16(21)15(17(28)25(4)20(26)29)14(27)10-30-19-24-23-18(31-19)22-13-7-6-11(2)12(3)9-13/h6-7,9H,5,8,10,21H2,1-4H3,(H,22,23). The van der Waals surface area contributed by atoms with E-state index in [2.05, 4.69) is 15.5 Å². The summed E-state index contributed by atoms with van der Waals surface area (Å²) in [6, 6.07) is 6.01. The maximum atomic E-state index is 12.8. The van der Waals surface area contributed by atoms with Crippen molar-refractivity contribution in [3.63, 3.8) is 0 Å². The number of ketones is 1. The third kappa shape index (κ3) is 4.88. The van der Waals surface area contributed by atoms with Gasteiger partial charge in [-0.1, -0.05) is 36.1 Å². The van der Waals surface area contributed by atoms with Crippen molar-refractivity contribution in [2.24, 2.45) is 7.05 Å². The first-order valence-corrected chi connectivity index (χ1v) is 11.5. The average Bonchev–Trinajstić information content (AvgIpc) is 3.18. The molecular formula is C20H24N6O3S2. The lowest BCUT2D eigenvalue weighted by atomic mass is 10.1. The van der Waals surface area contributed by atoms with Crippen LogP contribution in [0.25, 0.3) is 0 Å². The third-order valence-electron chi connectivity index (χ3n) is 4.80. The molecule has 0 aliphatic carbocycles. The average molecular weight is 461 g/mol. The summed E-state index contributed by atoms with van der Waals surface area (Å²) in [5.74, 6) is -0.580. The van der Waals surface area contributed by atoms with Gasteiger partial charge in [0.05, 0.1) is 5.75 Å². The lowest BCUT2D eigenvalue weighted by molar-refractivity contribution is 0.102. The van der Waals surface area contributed by atoms with Gasteiger partial charge in [-0.3, -0.25) is 18.7 Å². The Hall–Kier alpha value is -2.92. The first-order valence-electron chi connectivity index (χ1n) is 9.66. The van der Waals surface area contributed by atoms with Gasteiger partial charge in [0.15, 0.2) is 10.1 Å². The minimum absolute atomic E-state index is 0.0396. The number of carbonyl (C=O) groups excluding carboxylic acids is 1. The number of hydrogen-bond acceptors (Lipinski definition) is 9. The second-order valence-corrected chi connectivity index (χ2v) is 9.27. The maximum Gasteiger partial charge on any atom is 0.332 e. The van der Waals surface area contributed by atoms with Crippen LogP contribution >= 0.6 is 23.1 Å². The largest absolute Gasteiger partial charge is 0.384 e. The van der Waals surface area contributed by atoms with Crippen molar-refractivity contribution in [3.05, 3.63) is 55.7 Å². The summed E-state index contributed by atoms with van der Waals surface area (Å²) in [5.41, 5.74) is 7.90. The summed E-state index contributed by atoms with van der Waals surface area (Å²) in [5, 5.41) is 12.0. The normalized spacial score (nSPS) is 11.0. The molecule has 1 aromatic carbocycles. The molecule has 31 heavy (non-hydrogen) atoms. The van der Waals surface area contributed by atoms with Crippen molar-refractivity contribution < 1.29 is 4.79 Å². The molecule has 0 saturated carbocycles. The van der Waals surface area contributed by atoms with Crippen molar-refractivity contribution >= 4 is 45.5 Å². The van der Waals surface area contributed by atoms with Crippen LogP contribution in [0.4, 0.5) is 16.6 Å². The Labute approximate surface area is 187 Å². The topological polar surface area (TPSA) is 125 Å². The fraction of sp³-hybridized carbons (Fsp3) is 0.350. The predicted molar refractivity (Wildman–Crippen MR) is 125 cm³/mol. The molecule has 0 atom stereocenters. The van der Waals surface area contributed by atoms with Crippen LogP contribution in [-0.4, -0.2) is 30.9 Å². The summed E-state index contributed by atoms with van der Waals surface area (Å²) >= 11 is 2.48. The molecule has 0 saturated heterocycles. The molecule has 3 N–H and O–H groups in total. The number of aryl methyl sites for hydroxylation is 2. The van der Waals surface area contributed by atoms with Crippen LogP contribution in [0.5, 0.6) is 0 Å². The number of thioether (sulfide) groups is 1. The number of hydrogen-bond donors (Lipinski definition) is 2. The van der Waals surface area contributed by atoms with E-state index in [0.29, 0.717) is 22.4 Å². The van der Waals surface area contributed by atoms with Crippen molar-refractivity contribution in [3.8, 4) is 0 Å². The van der Waals surface area contributed by atoms with Crippen molar-refractivity contribution in [2.75, 3.05) is 16.8 Å². The van der Waals surface area contributed by atoms with Gasteiger partial charge in [0, 0.05) is 19.3 Å². The number of nitrogens with two attached hydrogens (primary N) is 1.